The first-order valence-electron chi connectivity index (χ1n) is 5.61. The predicted molar refractivity (Wildman–Crippen MR) is 68.7 cm³/mol. The molecule has 2 heterocycles. The highest BCUT2D eigenvalue weighted by atomic mass is 35.5. The van der Waals surface area contributed by atoms with E-state index in [-0.39, 0.29) is 0 Å². The molecule has 3 rings (SSSR count). The molecule has 0 saturated carbocycles. The molecule has 0 N–H and O–H groups in total. The summed E-state index contributed by atoms with van der Waals surface area (Å²) in [6.45, 7) is 0.944. The molecule has 3 nitrogen and oxygen atoms in total. The number of nitrogens with zero attached hydrogens (tertiary/aromatic N) is 3. The van der Waals surface area contributed by atoms with Gasteiger partial charge in [-0.05, 0) is 18.1 Å². The molecule has 0 unspecified atom stereocenters. The van der Waals surface area contributed by atoms with Gasteiger partial charge in [-0.3, -0.25) is 0 Å². The second kappa shape index (κ2) is 4.34. The first-order valence-corrected chi connectivity index (χ1v) is 6.14. The zero-order valence-electron chi connectivity index (χ0n) is 9.31. The van der Waals surface area contributed by atoms with Crippen LogP contribution in [0.3, 0.4) is 0 Å². The Morgan fingerprint density at radius 1 is 1.18 bits per heavy atom. The topological polar surface area (TPSA) is 29.0 Å². The Balaban J connectivity index is 1.95. The van der Waals surface area contributed by atoms with Crippen molar-refractivity contribution in [3.05, 3.63) is 47.8 Å². The fourth-order valence-corrected chi connectivity index (χ4v) is 2.24. The molecule has 17 heavy (non-hydrogen) atoms. The van der Waals surface area contributed by atoms with Gasteiger partial charge in [0.1, 0.15) is 0 Å². The number of para-hydroxylation sites is 1. The van der Waals surface area contributed by atoms with Gasteiger partial charge < -0.3 is 4.90 Å². The summed E-state index contributed by atoms with van der Waals surface area (Å²) >= 11 is 5.73. The number of halogens is 1. The minimum atomic E-state index is 0.455. The minimum Gasteiger partial charge on any atom is -0.310 e. The third-order valence-corrected chi connectivity index (χ3v) is 3.28. The maximum Gasteiger partial charge on any atom is 0.229 e. The Kier molecular flexibility index (Phi) is 2.69. The Morgan fingerprint density at radius 3 is 2.71 bits per heavy atom. The summed E-state index contributed by atoms with van der Waals surface area (Å²) in [5.41, 5.74) is 3.52. The number of hydrogen-bond acceptors (Lipinski definition) is 3. The van der Waals surface area contributed by atoms with Gasteiger partial charge in [-0.1, -0.05) is 18.2 Å². The van der Waals surface area contributed by atoms with Gasteiger partial charge in [0.2, 0.25) is 5.95 Å². The van der Waals surface area contributed by atoms with Crippen LogP contribution in [-0.4, -0.2) is 16.5 Å². The zero-order chi connectivity index (χ0) is 11.7. The van der Waals surface area contributed by atoms with Crippen molar-refractivity contribution in [2.45, 2.75) is 12.3 Å². The number of aromatic nitrogens is 2. The fraction of sp³-hybridized carbons (Fsp3) is 0.231. The lowest BCUT2D eigenvalue weighted by molar-refractivity contribution is 0.934. The van der Waals surface area contributed by atoms with Crippen LogP contribution in [0.2, 0.25) is 0 Å². The van der Waals surface area contributed by atoms with Crippen molar-refractivity contribution >= 4 is 23.2 Å². The van der Waals surface area contributed by atoms with Gasteiger partial charge in [0.05, 0.1) is 5.88 Å². The van der Waals surface area contributed by atoms with Crippen LogP contribution in [0.15, 0.2) is 36.7 Å². The lowest BCUT2D eigenvalue weighted by atomic mass is 10.2. The van der Waals surface area contributed by atoms with E-state index in [1.54, 1.807) is 12.4 Å². The summed E-state index contributed by atoms with van der Waals surface area (Å²) in [6.07, 6.45) is 4.63. The molecule has 4 heteroatoms. The van der Waals surface area contributed by atoms with Crippen molar-refractivity contribution < 1.29 is 0 Å². The third kappa shape index (κ3) is 1.87. The van der Waals surface area contributed by atoms with Crippen LogP contribution in [0, 0.1) is 0 Å². The summed E-state index contributed by atoms with van der Waals surface area (Å²) in [4.78, 5) is 10.9. The van der Waals surface area contributed by atoms with Crippen LogP contribution in [0.25, 0.3) is 0 Å². The second-order valence-electron chi connectivity index (χ2n) is 4.06. The number of hydrogen-bond donors (Lipinski definition) is 0. The Labute approximate surface area is 105 Å². The lowest BCUT2D eigenvalue weighted by Gasteiger charge is -2.16. The standard InChI is InChI=1S/C13H12ClN3/c14-7-10-8-15-13(16-9-10)17-6-5-11-3-1-2-4-12(11)17/h1-4,8-9H,5-7H2. The van der Waals surface area contributed by atoms with Crippen LogP contribution in [-0.2, 0) is 12.3 Å². The van der Waals surface area contributed by atoms with E-state index in [4.69, 9.17) is 11.6 Å². The quantitative estimate of drug-likeness (QED) is 0.762. The number of benzene rings is 1. The second-order valence-corrected chi connectivity index (χ2v) is 4.32. The van der Waals surface area contributed by atoms with E-state index in [1.807, 2.05) is 6.07 Å². The van der Waals surface area contributed by atoms with E-state index < -0.39 is 0 Å². The smallest absolute Gasteiger partial charge is 0.229 e. The first-order chi connectivity index (χ1) is 8.38. The van der Waals surface area contributed by atoms with Gasteiger partial charge in [-0.15, -0.1) is 11.6 Å². The molecule has 0 aliphatic carbocycles. The number of fused-ring (bicyclic) bond motifs is 1. The average Bonchev–Trinajstić information content (AvgIpc) is 2.83. The van der Waals surface area contributed by atoms with Gasteiger partial charge in [-0.25, -0.2) is 9.97 Å². The molecular formula is C13H12ClN3. The minimum absolute atomic E-state index is 0.455. The molecule has 0 spiro atoms. The van der Waals surface area contributed by atoms with Crippen LogP contribution in [0.5, 0.6) is 0 Å². The Hall–Kier alpha value is -1.61. The largest absolute Gasteiger partial charge is 0.310 e. The highest BCUT2D eigenvalue weighted by Crippen LogP contribution is 2.31. The zero-order valence-corrected chi connectivity index (χ0v) is 10.1. The molecule has 1 aromatic heterocycles. The van der Waals surface area contributed by atoms with Crippen LogP contribution >= 0.6 is 11.6 Å². The fourth-order valence-electron chi connectivity index (χ4n) is 2.10. The van der Waals surface area contributed by atoms with Gasteiger partial charge >= 0.3 is 0 Å². The van der Waals surface area contributed by atoms with Crippen molar-refractivity contribution in [1.82, 2.24) is 9.97 Å². The molecule has 1 aromatic carbocycles. The van der Waals surface area contributed by atoms with Gasteiger partial charge in [0.15, 0.2) is 0 Å². The van der Waals surface area contributed by atoms with Crippen molar-refractivity contribution in [3.8, 4) is 0 Å². The normalized spacial score (nSPS) is 13.8. The molecular weight excluding hydrogens is 234 g/mol. The molecule has 0 radical (unpaired) electrons. The SMILES string of the molecule is ClCc1cnc(N2CCc3ccccc32)nc1. The van der Waals surface area contributed by atoms with E-state index in [0.29, 0.717) is 5.88 Å². The van der Waals surface area contributed by atoms with Crippen LogP contribution in [0.4, 0.5) is 11.6 Å². The Bertz CT molecular complexity index is 524. The Morgan fingerprint density at radius 2 is 1.94 bits per heavy atom. The molecule has 1 aliphatic heterocycles. The van der Waals surface area contributed by atoms with E-state index in [1.165, 1.54) is 11.3 Å². The monoisotopic (exact) mass is 245 g/mol. The number of rotatable bonds is 2. The van der Waals surface area contributed by atoms with E-state index in [0.717, 1.165) is 24.5 Å². The molecule has 86 valence electrons. The molecule has 2 aromatic rings. The first kappa shape index (κ1) is 10.5. The van der Waals surface area contributed by atoms with E-state index in [2.05, 4.69) is 33.1 Å². The molecule has 0 atom stereocenters. The van der Waals surface area contributed by atoms with Crippen molar-refractivity contribution in [1.29, 1.82) is 0 Å². The number of alkyl halides is 1. The van der Waals surface area contributed by atoms with Gasteiger partial charge in [0, 0.05) is 30.2 Å². The van der Waals surface area contributed by atoms with Crippen molar-refractivity contribution in [2.75, 3.05) is 11.4 Å². The predicted octanol–water partition coefficient (Wildman–Crippen LogP) is 2.91. The third-order valence-electron chi connectivity index (χ3n) is 2.97. The van der Waals surface area contributed by atoms with Gasteiger partial charge in [-0.2, -0.15) is 0 Å². The lowest BCUT2D eigenvalue weighted by Crippen LogP contribution is -2.16. The van der Waals surface area contributed by atoms with Crippen LogP contribution in [0.1, 0.15) is 11.1 Å². The molecule has 0 fully saturated rings. The summed E-state index contributed by atoms with van der Waals surface area (Å²) in [5, 5.41) is 0. The van der Waals surface area contributed by atoms with E-state index in [9.17, 15) is 0 Å². The summed E-state index contributed by atoms with van der Waals surface area (Å²) < 4.78 is 0. The van der Waals surface area contributed by atoms with Gasteiger partial charge in [0.25, 0.3) is 0 Å². The molecule has 0 amide bonds. The maximum absolute atomic E-state index is 5.73. The van der Waals surface area contributed by atoms with E-state index >= 15 is 0 Å². The highest BCUT2D eigenvalue weighted by molar-refractivity contribution is 6.17. The summed E-state index contributed by atoms with van der Waals surface area (Å²) in [6, 6.07) is 8.38. The summed E-state index contributed by atoms with van der Waals surface area (Å²) in [7, 11) is 0. The molecule has 0 saturated heterocycles. The average molecular weight is 246 g/mol. The van der Waals surface area contributed by atoms with Crippen molar-refractivity contribution in [3.63, 3.8) is 0 Å². The molecule has 0 bridgehead atoms. The van der Waals surface area contributed by atoms with Crippen LogP contribution < -0.4 is 4.90 Å². The molecule has 1 aliphatic rings. The highest BCUT2D eigenvalue weighted by Gasteiger charge is 2.21. The summed E-state index contributed by atoms with van der Waals surface area (Å²) in [5.74, 6) is 1.21. The van der Waals surface area contributed by atoms with Crippen molar-refractivity contribution in [2.24, 2.45) is 0 Å². The maximum atomic E-state index is 5.73. The number of anilines is 2.